The fraction of sp³-hybridized carbons (Fsp3) is 0.391. The van der Waals surface area contributed by atoms with Crippen LogP contribution < -0.4 is 5.32 Å². The molecule has 1 heterocycles. The van der Waals surface area contributed by atoms with E-state index in [-0.39, 0.29) is 17.8 Å². The Kier molecular flexibility index (Phi) is 7.76. The molecule has 7 heteroatoms. The maximum Gasteiger partial charge on any atom is 0.253 e. The molecule has 0 spiro atoms. The molecule has 1 aliphatic rings. The second-order valence-corrected chi connectivity index (χ2v) is 8.23. The molecule has 1 saturated heterocycles. The second kappa shape index (κ2) is 10.5. The number of rotatable bonds is 6. The van der Waals surface area contributed by atoms with Gasteiger partial charge in [-0.25, -0.2) is 4.39 Å². The maximum atomic E-state index is 13.1. The van der Waals surface area contributed by atoms with E-state index in [2.05, 4.69) is 19.2 Å². The lowest BCUT2D eigenvalue weighted by molar-refractivity contribution is -0.0215. The first kappa shape index (κ1) is 22.2. The van der Waals surface area contributed by atoms with Crippen molar-refractivity contribution in [1.29, 1.82) is 0 Å². The van der Waals surface area contributed by atoms with Gasteiger partial charge in [0.2, 0.25) is 0 Å². The predicted molar refractivity (Wildman–Crippen MR) is 121 cm³/mol. The maximum absolute atomic E-state index is 13.1. The van der Waals surface area contributed by atoms with Crippen molar-refractivity contribution in [2.75, 3.05) is 38.1 Å². The number of benzene rings is 2. The molecule has 160 valence electrons. The van der Waals surface area contributed by atoms with Crippen LogP contribution in [0.2, 0.25) is 0 Å². The number of ether oxygens (including phenoxy) is 1. The molecule has 1 unspecified atom stereocenters. The first-order valence-corrected chi connectivity index (χ1v) is 10.6. The molecular formula is C23H28FN3O2S. The molecule has 1 amide bonds. The number of amides is 1. The van der Waals surface area contributed by atoms with Crippen molar-refractivity contribution in [3.63, 3.8) is 0 Å². The lowest BCUT2D eigenvalue weighted by atomic mass is 10.1. The summed E-state index contributed by atoms with van der Waals surface area (Å²) in [5, 5.41) is 3.72. The Hall–Kier alpha value is -2.51. The molecule has 3 rings (SSSR count). The molecule has 0 aromatic heterocycles. The molecule has 1 atom stereocenters. The predicted octanol–water partition coefficient (Wildman–Crippen LogP) is 4.02. The molecule has 0 aliphatic carbocycles. The topological polar surface area (TPSA) is 44.8 Å². The summed E-state index contributed by atoms with van der Waals surface area (Å²) in [4.78, 5) is 16.9. The van der Waals surface area contributed by atoms with Gasteiger partial charge in [0, 0.05) is 37.4 Å². The average molecular weight is 430 g/mol. The highest BCUT2D eigenvalue weighted by Gasteiger charge is 2.27. The van der Waals surface area contributed by atoms with Crippen LogP contribution in [0.5, 0.6) is 0 Å². The van der Waals surface area contributed by atoms with Crippen molar-refractivity contribution >= 4 is 28.9 Å². The molecule has 0 saturated carbocycles. The SMILES string of the molecule is CC(C)CN(CC1CN(C(=S)Nc2ccc(F)cc2)CCO1)C(=O)c1ccccc1. The zero-order chi connectivity index (χ0) is 21.5. The number of morpholine rings is 1. The van der Waals surface area contributed by atoms with Gasteiger partial charge in [-0.05, 0) is 54.5 Å². The van der Waals surface area contributed by atoms with E-state index >= 15 is 0 Å². The quantitative estimate of drug-likeness (QED) is 0.703. The number of carbonyl (C=O) groups excluding carboxylic acids is 1. The number of nitrogens with zero attached hydrogens (tertiary/aromatic N) is 2. The number of hydrogen-bond donors (Lipinski definition) is 1. The van der Waals surface area contributed by atoms with Crippen LogP contribution in [0.15, 0.2) is 54.6 Å². The summed E-state index contributed by atoms with van der Waals surface area (Å²) in [6.45, 7) is 7.14. The fourth-order valence-electron chi connectivity index (χ4n) is 3.44. The van der Waals surface area contributed by atoms with Crippen LogP contribution in [-0.2, 0) is 4.74 Å². The van der Waals surface area contributed by atoms with Gasteiger partial charge in [0.1, 0.15) is 5.82 Å². The molecule has 5 nitrogen and oxygen atoms in total. The third-order valence-corrected chi connectivity index (χ3v) is 5.20. The van der Waals surface area contributed by atoms with Crippen LogP contribution in [0, 0.1) is 11.7 Å². The molecule has 1 N–H and O–H groups in total. The van der Waals surface area contributed by atoms with Gasteiger partial charge in [-0.3, -0.25) is 4.79 Å². The van der Waals surface area contributed by atoms with Gasteiger partial charge in [-0.15, -0.1) is 0 Å². The standard InChI is InChI=1S/C23H28FN3O2S/c1-17(2)14-27(22(28)18-6-4-3-5-7-18)16-21-15-26(12-13-29-21)23(30)25-20-10-8-19(24)9-11-20/h3-11,17,21H,12-16H2,1-2H3,(H,25,30). The second-order valence-electron chi connectivity index (χ2n) is 7.85. The van der Waals surface area contributed by atoms with E-state index in [0.29, 0.717) is 49.4 Å². The number of carbonyl (C=O) groups is 1. The number of nitrogens with one attached hydrogen (secondary N) is 1. The fourth-order valence-corrected chi connectivity index (χ4v) is 3.72. The summed E-state index contributed by atoms with van der Waals surface area (Å²) in [5.74, 6) is 0.0712. The zero-order valence-electron chi connectivity index (χ0n) is 17.4. The van der Waals surface area contributed by atoms with Crippen molar-refractivity contribution < 1.29 is 13.9 Å². The molecule has 30 heavy (non-hydrogen) atoms. The van der Waals surface area contributed by atoms with E-state index in [1.165, 1.54) is 12.1 Å². The summed E-state index contributed by atoms with van der Waals surface area (Å²) in [6, 6.07) is 15.4. The van der Waals surface area contributed by atoms with Crippen LogP contribution in [0.3, 0.4) is 0 Å². The van der Waals surface area contributed by atoms with E-state index < -0.39 is 0 Å². The van der Waals surface area contributed by atoms with Gasteiger partial charge in [-0.2, -0.15) is 0 Å². The number of thiocarbonyl (C=S) groups is 1. The number of hydrogen-bond acceptors (Lipinski definition) is 3. The van der Waals surface area contributed by atoms with E-state index in [1.807, 2.05) is 40.1 Å². The van der Waals surface area contributed by atoms with Crippen LogP contribution in [0.1, 0.15) is 24.2 Å². The van der Waals surface area contributed by atoms with Gasteiger partial charge in [0.15, 0.2) is 5.11 Å². The highest BCUT2D eigenvalue weighted by atomic mass is 32.1. The first-order chi connectivity index (χ1) is 14.4. The van der Waals surface area contributed by atoms with E-state index in [4.69, 9.17) is 17.0 Å². The Bertz CT molecular complexity index is 845. The lowest BCUT2D eigenvalue weighted by Crippen LogP contribution is -2.52. The van der Waals surface area contributed by atoms with E-state index in [9.17, 15) is 9.18 Å². The Labute approximate surface area is 182 Å². The van der Waals surface area contributed by atoms with E-state index in [0.717, 1.165) is 5.69 Å². The van der Waals surface area contributed by atoms with E-state index in [1.54, 1.807) is 12.1 Å². The van der Waals surface area contributed by atoms with Gasteiger partial charge >= 0.3 is 0 Å². The molecule has 0 bridgehead atoms. The van der Waals surface area contributed by atoms with Gasteiger partial charge in [0.25, 0.3) is 5.91 Å². The van der Waals surface area contributed by atoms with Gasteiger partial charge in [0.05, 0.1) is 12.7 Å². The minimum Gasteiger partial charge on any atom is -0.373 e. The normalized spacial score (nSPS) is 16.4. The largest absolute Gasteiger partial charge is 0.373 e. The van der Waals surface area contributed by atoms with Gasteiger partial charge in [-0.1, -0.05) is 32.0 Å². The molecule has 1 aliphatic heterocycles. The van der Waals surface area contributed by atoms with Crippen molar-refractivity contribution in [2.24, 2.45) is 5.92 Å². The molecular weight excluding hydrogens is 401 g/mol. The lowest BCUT2D eigenvalue weighted by Gasteiger charge is -2.37. The Morgan fingerprint density at radius 3 is 2.60 bits per heavy atom. The van der Waals surface area contributed by atoms with Gasteiger partial charge < -0.3 is 19.9 Å². The highest BCUT2D eigenvalue weighted by molar-refractivity contribution is 7.80. The smallest absolute Gasteiger partial charge is 0.253 e. The summed E-state index contributed by atoms with van der Waals surface area (Å²) >= 11 is 5.54. The summed E-state index contributed by atoms with van der Waals surface area (Å²) in [6.07, 6.45) is -0.141. The molecule has 2 aromatic rings. The number of anilines is 1. The third kappa shape index (κ3) is 6.24. The summed E-state index contributed by atoms with van der Waals surface area (Å²) in [5.41, 5.74) is 1.42. The van der Waals surface area contributed by atoms with Crippen LogP contribution in [-0.4, -0.2) is 59.7 Å². The zero-order valence-corrected chi connectivity index (χ0v) is 18.2. The molecule has 1 fully saturated rings. The van der Waals surface area contributed by atoms with Crippen LogP contribution >= 0.6 is 12.2 Å². The third-order valence-electron chi connectivity index (χ3n) is 4.84. The molecule has 2 aromatic carbocycles. The van der Waals surface area contributed by atoms with Crippen LogP contribution in [0.25, 0.3) is 0 Å². The van der Waals surface area contributed by atoms with Crippen molar-refractivity contribution in [2.45, 2.75) is 20.0 Å². The minimum atomic E-state index is -0.286. The molecule has 0 radical (unpaired) electrons. The van der Waals surface area contributed by atoms with Crippen molar-refractivity contribution in [1.82, 2.24) is 9.80 Å². The average Bonchev–Trinajstić information content (AvgIpc) is 2.75. The Morgan fingerprint density at radius 1 is 1.23 bits per heavy atom. The van der Waals surface area contributed by atoms with Crippen molar-refractivity contribution in [3.05, 3.63) is 66.0 Å². The first-order valence-electron chi connectivity index (χ1n) is 10.2. The monoisotopic (exact) mass is 429 g/mol. The highest BCUT2D eigenvalue weighted by Crippen LogP contribution is 2.15. The Balaban J connectivity index is 1.62. The number of halogens is 1. The Morgan fingerprint density at radius 2 is 1.93 bits per heavy atom. The summed E-state index contributed by atoms with van der Waals surface area (Å²) in [7, 11) is 0. The van der Waals surface area contributed by atoms with Crippen LogP contribution in [0.4, 0.5) is 10.1 Å². The summed E-state index contributed by atoms with van der Waals surface area (Å²) < 4.78 is 19.1. The van der Waals surface area contributed by atoms with Crippen molar-refractivity contribution in [3.8, 4) is 0 Å². The minimum absolute atomic E-state index is 0.0111.